The van der Waals surface area contributed by atoms with Gasteiger partial charge in [0.25, 0.3) is 0 Å². The van der Waals surface area contributed by atoms with E-state index in [0.29, 0.717) is 11.1 Å². The second-order valence-corrected chi connectivity index (χ2v) is 7.69. The number of carbonyl (C=O) groups is 2. The highest BCUT2D eigenvalue weighted by atomic mass is 16.5. The van der Waals surface area contributed by atoms with Crippen molar-refractivity contribution in [2.45, 2.75) is 25.8 Å². The van der Waals surface area contributed by atoms with Crippen molar-refractivity contribution in [1.82, 2.24) is 0 Å². The first kappa shape index (κ1) is 20.6. The topological polar surface area (TPSA) is 46.6 Å². The van der Waals surface area contributed by atoms with Crippen molar-refractivity contribution in [3.05, 3.63) is 107 Å². The maximum Gasteiger partial charge on any atom is 0.186 e. The fourth-order valence-corrected chi connectivity index (χ4v) is 4.49. The molecule has 1 aliphatic heterocycles. The third-order valence-electron chi connectivity index (χ3n) is 5.87. The maximum atomic E-state index is 13.8. The first-order valence-corrected chi connectivity index (χ1v) is 10.3. The number of hydrogen-bond donors (Lipinski definition) is 0. The van der Waals surface area contributed by atoms with Gasteiger partial charge in [-0.05, 0) is 43.7 Å². The molecule has 2 unspecified atom stereocenters. The van der Waals surface area contributed by atoms with Crippen LogP contribution >= 0.6 is 0 Å². The quantitative estimate of drug-likeness (QED) is 0.509. The van der Waals surface area contributed by atoms with Gasteiger partial charge in [0.05, 0.1) is 7.11 Å². The van der Waals surface area contributed by atoms with Gasteiger partial charge in [-0.25, -0.2) is 0 Å². The van der Waals surface area contributed by atoms with Crippen LogP contribution in [0.1, 0.15) is 35.7 Å². The lowest BCUT2D eigenvalue weighted by Gasteiger charge is -2.31. The summed E-state index contributed by atoms with van der Waals surface area (Å²) in [5, 5.41) is 0. The summed E-state index contributed by atoms with van der Waals surface area (Å²) in [4.78, 5) is 28.7. The number of ketones is 2. The van der Waals surface area contributed by atoms with Crippen LogP contribution in [-0.2, 0) is 4.79 Å². The number of benzene rings is 3. The van der Waals surface area contributed by atoms with Gasteiger partial charge < -0.3 is 9.64 Å². The molecule has 3 aromatic carbocycles. The predicted octanol–water partition coefficient (Wildman–Crippen LogP) is 5.41. The molecule has 1 heterocycles. The molecule has 0 aliphatic carbocycles. The van der Waals surface area contributed by atoms with Crippen LogP contribution in [0.15, 0.2) is 96.2 Å². The van der Waals surface area contributed by atoms with Gasteiger partial charge in [-0.3, -0.25) is 9.59 Å². The molecule has 0 fully saturated rings. The van der Waals surface area contributed by atoms with Crippen LogP contribution < -0.4 is 9.64 Å². The highest BCUT2D eigenvalue weighted by Gasteiger charge is 2.46. The summed E-state index contributed by atoms with van der Waals surface area (Å²) in [6.07, 6.45) is 0. The molecule has 0 radical (unpaired) electrons. The third-order valence-corrected chi connectivity index (χ3v) is 5.87. The summed E-state index contributed by atoms with van der Waals surface area (Å²) in [5.41, 5.74) is 3.92. The minimum Gasteiger partial charge on any atom is -0.497 e. The van der Waals surface area contributed by atoms with Crippen molar-refractivity contribution in [2.75, 3.05) is 12.0 Å². The predicted molar refractivity (Wildman–Crippen MR) is 123 cm³/mol. The number of nitrogens with zero attached hydrogens (tertiary/aromatic N) is 1. The zero-order chi connectivity index (χ0) is 22.0. The normalized spacial score (nSPS) is 18.2. The molecule has 4 nitrogen and oxygen atoms in total. The highest BCUT2D eigenvalue weighted by Crippen LogP contribution is 2.45. The standard InChI is InChI=1S/C27H25NO3/c1-18-24(19(2)29)25(20-10-6-4-7-11-20)26(27(30)21-12-8-5-9-13-21)28(18)22-14-16-23(31-3)17-15-22/h4-17,25-26H,1-3H3. The number of allylic oxidation sites excluding steroid dienone is 1. The van der Waals surface area contributed by atoms with E-state index in [1.807, 2.05) is 96.8 Å². The first-order chi connectivity index (χ1) is 15.0. The summed E-state index contributed by atoms with van der Waals surface area (Å²) in [6.45, 7) is 3.51. The molecule has 4 heteroatoms. The Morgan fingerprint density at radius 1 is 0.839 bits per heavy atom. The largest absolute Gasteiger partial charge is 0.497 e. The van der Waals surface area contributed by atoms with Gasteiger partial charge in [-0.15, -0.1) is 0 Å². The van der Waals surface area contributed by atoms with Crippen LogP contribution in [0.5, 0.6) is 5.75 Å². The highest BCUT2D eigenvalue weighted by molar-refractivity contribution is 6.08. The van der Waals surface area contributed by atoms with Gasteiger partial charge in [0.2, 0.25) is 0 Å². The molecule has 31 heavy (non-hydrogen) atoms. The van der Waals surface area contributed by atoms with E-state index < -0.39 is 6.04 Å². The Bertz CT molecular complexity index is 1120. The lowest BCUT2D eigenvalue weighted by atomic mass is 9.82. The average Bonchev–Trinajstić information content (AvgIpc) is 3.12. The monoisotopic (exact) mass is 411 g/mol. The number of hydrogen-bond acceptors (Lipinski definition) is 4. The second-order valence-electron chi connectivity index (χ2n) is 7.69. The lowest BCUT2D eigenvalue weighted by Crippen LogP contribution is -2.40. The maximum absolute atomic E-state index is 13.8. The fraction of sp³-hybridized carbons (Fsp3) is 0.185. The second kappa shape index (κ2) is 8.60. The van der Waals surface area contributed by atoms with E-state index in [9.17, 15) is 9.59 Å². The molecule has 0 aromatic heterocycles. The van der Waals surface area contributed by atoms with Crippen LogP contribution in [0.2, 0.25) is 0 Å². The molecule has 156 valence electrons. The van der Waals surface area contributed by atoms with Crippen molar-refractivity contribution in [1.29, 1.82) is 0 Å². The molecule has 0 N–H and O–H groups in total. The van der Waals surface area contributed by atoms with Gasteiger partial charge in [-0.1, -0.05) is 60.7 Å². The minimum absolute atomic E-state index is 0.0131. The van der Waals surface area contributed by atoms with E-state index >= 15 is 0 Å². The van der Waals surface area contributed by atoms with Crippen LogP contribution in [0.25, 0.3) is 0 Å². The molecule has 0 spiro atoms. The van der Waals surface area contributed by atoms with E-state index in [0.717, 1.165) is 22.7 Å². The molecule has 0 bridgehead atoms. The Morgan fingerprint density at radius 3 is 1.97 bits per heavy atom. The Balaban J connectivity index is 1.91. The zero-order valence-electron chi connectivity index (χ0n) is 17.9. The molecule has 0 saturated heterocycles. The van der Waals surface area contributed by atoms with Crippen LogP contribution in [0.4, 0.5) is 5.69 Å². The van der Waals surface area contributed by atoms with Gasteiger partial charge in [0, 0.05) is 28.4 Å². The number of methoxy groups -OCH3 is 1. The van der Waals surface area contributed by atoms with Crippen molar-refractivity contribution >= 4 is 17.3 Å². The summed E-state index contributed by atoms with van der Waals surface area (Å²) < 4.78 is 5.30. The minimum atomic E-state index is -0.558. The lowest BCUT2D eigenvalue weighted by molar-refractivity contribution is -0.113. The Morgan fingerprint density at radius 2 is 1.42 bits per heavy atom. The molecule has 4 rings (SSSR count). The first-order valence-electron chi connectivity index (χ1n) is 10.3. The summed E-state index contributed by atoms with van der Waals surface area (Å²) in [5.74, 6) is 0.351. The number of ether oxygens (including phenoxy) is 1. The molecule has 0 saturated carbocycles. The Hall–Kier alpha value is -3.66. The number of anilines is 1. The number of Topliss-reactive ketones (excluding diaryl/α,β-unsaturated/α-hetero) is 2. The summed E-state index contributed by atoms with van der Waals surface area (Å²) in [6, 6.07) is 26.1. The molecule has 1 aliphatic rings. The van der Waals surface area contributed by atoms with Crippen LogP contribution in [0.3, 0.4) is 0 Å². The van der Waals surface area contributed by atoms with Gasteiger partial charge in [-0.2, -0.15) is 0 Å². The van der Waals surface area contributed by atoms with Gasteiger partial charge in [0.1, 0.15) is 11.8 Å². The number of carbonyl (C=O) groups excluding carboxylic acids is 2. The zero-order valence-corrected chi connectivity index (χ0v) is 17.9. The third kappa shape index (κ3) is 3.77. The molecule has 2 atom stereocenters. The van der Waals surface area contributed by atoms with Crippen molar-refractivity contribution in [3.8, 4) is 5.75 Å². The molecule has 3 aromatic rings. The van der Waals surface area contributed by atoms with Crippen LogP contribution in [-0.4, -0.2) is 24.7 Å². The fourth-order valence-electron chi connectivity index (χ4n) is 4.49. The smallest absolute Gasteiger partial charge is 0.186 e. The van der Waals surface area contributed by atoms with E-state index in [1.54, 1.807) is 14.0 Å². The summed E-state index contributed by atoms with van der Waals surface area (Å²) >= 11 is 0. The molecule has 0 amide bonds. The Labute approximate surface area is 182 Å². The Kier molecular flexibility index (Phi) is 5.72. The summed E-state index contributed by atoms with van der Waals surface area (Å²) in [7, 11) is 1.62. The van der Waals surface area contributed by atoms with Crippen molar-refractivity contribution < 1.29 is 14.3 Å². The van der Waals surface area contributed by atoms with E-state index in [1.165, 1.54) is 0 Å². The number of rotatable bonds is 6. The van der Waals surface area contributed by atoms with E-state index in [-0.39, 0.29) is 17.5 Å². The van der Waals surface area contributed by atoms with E-state index in [4.69, 9.17) is 4.74 Å². The SMILES string of the molecule is COc1ccc(N2C(C)=C(C(C)=O)C(c3ccccc3)C2C(=O)c2ccccc2)cc1. The van der Waals surface area contributed by atoms with Crippen LogP contribution in [0, 0.1) is 0 Å². The van der Waals surface area contributed by atoms with Gasteiger partial charge in [0.15, 0.2) is 11.6 Å². The van der Waals surface area contributed by atoms with Crippen molar-refractivity contribution in [3.63, 3.8) is 0 Å². The van der Waals surface area contributed by atoms with Crippen molar-refractivity contribution in [2.24, 2.45) is 0 Å². The van der Waals surface area contributed by atoms with E-state index in [2.05, 4.69) is 0 Å². The average molecular weight is 412 g/mol. The van der Waals surface area contributed by atoms with Gasteiger partial charge >= 0.3 is 0 Å². The molecular formula is C27H25NO3. The molecular weight excluding hydrogens is 386 g/mol.